The van der Waals surface area contributed by atoms with Crippen molar-refractivity contribution < 1.29 is 0 Å². The van der Waals surface area contributed by atoms with Crippen molar-refractivity contribution in [2.75, 3.05) is 6.54 Å². The minimum atomic E-state index is 0.721. The highest BCUT2D eigenvalue weighted by molar-refractivity contribution is 5.29. The van der Waals surface area contributed by atoms with Crippen LogP contribution in [0.4, 0.5) is 0 Å². The monoisotopic (exact) mass is 201 g/mol. The summed E-state index contributed by atoms with van der Waals surface area (Å²) in [6, 6.07) is 10.5. The fourth-order valence-corrected chi connectivity index (χ4v) is 2.93. The quantitative estimate of drug-likeness (QED) is 0.709. The third kappa shape index (κ3) is 1.69. The van der Waals surface area contributed by atoms with Crippen molar-refractivity contribution in [2.24, 2.45) is 0 Å². The molecule has 1 atom stereocenters. The molecule has 0 bridgehead atoms. The van der Waals surface area contributed by atoms with Gasteiger partial charge in [0.15, 0.2) is 0 Å². The van der Waals surface area contributed by atoms with Crippen molar-refractivity contribution >= 4 is 0 Å². The zero-order valence-corrected chi connectivity index (χ0v) is 9.45. The summed E-state index contributed by atoms with van der Waals surface area (Å²) in [6.45, 7) is 3.57. The van der Waals surface area contributed by atoms with Gasteiger partial charge in [-0.2, -0.15) is 0 Å². The molecule has 3 rings (SSSR count). The number of hydrogen-bond donors (Lipinski definition) is 0. The van der Waals surface area contributed by atoms with Gasteiger partial charge in [0, 0.05) is 12.1 Å². The van der Waals surface area contributed by atoms with E-state index in [0.717, 1.165) is 12.1 Å². The first-order chi connectivity index (χ1) is 7.36. The number of likely N-dealkylation sites (tertiary alicyclic amines) is 1. The first-order valence-electron chi connectivity index (χ1n) is 6.17. The predicted octanol–water partition coefficient (Wildman–Crippen LogP) is 3.29. The molecule has 1 aliphatic heterocycles. The topological polar surface area (TPSA) is 3.24 Å². The average molecular weight is 201 g/mol. The largest absolute Gasteiger partial charge is 0.293 e. The van der Waals surface area contributed by atoms with Crippen LogP contribution in [0.1, 0.15) is 42.9 Å². The number of benzene rings is 1. The van der Waals surface area contributed by atoms with E-state index in [1.807, 2.05) is 0 Å². The minimum Gasteiger partial charge on any atom is -0.293 e. The highest BCUT2D eigenvalue weighted by atomic mass is 15.2. The molecule has 0 aromatic heterocycles. The smallest absolute Gasteiger partial charge is 0.0354 e. The molecule has 2 fully saturated rings. The van der Waals surface area contributed by atoms with Gasteiger partial charge in [-0.05, 0) is 50.3 Å². The van der Waals surface area contributed by atoms with E-state index >= 15 is 0 Å². The van der Waals surface area contributed by atoms with E-state index < -0.39 is 0 Å². The van der Waals surface area contributed by atoms with Gasteiger partial charge < -0.3 is 0 Å². The van der Waals surface area contributed by atoms with E-state index in [0.29, 0.717) is 0 Å². The highest BCUT2D eigenvalue weighted by Gasteiger charge is 2.37. The fraction of sp³-hybridized carbons (Fsp3) is 0.571. The maximum atomic E-state index is 2.74. The molecule has 1 saturated heterocycles. The van der Waals surface area contributed by atoms with Crippen LogP contribution in [0, 0.1) is 6.92 Å². The van der Waals surface area contributed by atoms with Crippen molar-refractivity contribution in [1.29, 1.82) is 0 Å². The van der Waals surface area contributed by atoms with E-state index in [-0.39, 0.29) is 0 Å². The first kappa shape index (κ1) is 9.41. The van der Waals surface area contributed by atoms with Crippen molar-refractivity contribution in [3.63, 3.8) is 0 Å². The van der Waals surface area contributed by atoms with Crippen LogP contribution in [0.25, 0.3) is 0 Å². The minimum absolute atomic E-state index is 0.721. The summed E-state index contributed by atoms with van der Waals surface area (Å²) in [5, 5.41) is 0. The summed E-state index contributed by atoms with van der Waals surface area (Å²) >= 11 is 0. The van der Waals surface area contributed by atoms with Gasteiger partial charge in [-0.15, -0.1) is 0 Å². The van der Waals surface area contributed by atoms with Gasteiger partial charge in [-0.25, -0.2) is 0 Å². The van der Waals surface area contributed by atoms with Crippen molar-refractivity contribution in [3.05, 3.63) is 35.4 Å². The molecule has 1 heteroatoms. The van der Waals surface area contributed by atoms with Crippen LogP contribution in [-0.2, 0) is 0 Å². The van der Waals surface area contributed by atoms with Gasteiger partial charge in [0.05, 0.1) is 0 Å². The maximum Gasteiger partial charge on any atom is 0.0354 e. The van der Waals surface area contributed by atoms with E-state index in [1.54, 1.807) is 5.56 Å². The second kappa shape index (κ2) is 3.64. The average Bonchev–Trinajstić information content (AvgIpc) is 2.98. The summed E-state index contributed by atoms with van der Waals surface area (Å²) in [7, 11) is 0. The molecule has 80 valence electrons. The number of aryl methyl sites for hydroxylation is 1. The molecule has 0 N–H and O–H groups in total. The third-order valence-electron chi connectivity index (χ3n) is 3.86. The third-order valence-corrected chi connectivity index (χ3v) is 3.86. The summed E-state index contributed by atoms with van der Waals surface area (Å²) in [6.07, 6.45) is 5.61. The number of nitrogens with zero attached hydrogens (tertiary/aromatic N) is 1. The summed E-state index contributed by atoms with van der Waals surface area (Å²) < 4.78 is 0. The van der Waals surface area contributed by atoms with E-state index in [9.17, 15) is 0 Å². The van der Waals surface area contributed by atoms with Crippen LogP contribution in [0.15, 0.2) is 24.3 Å². The lowest BCUT2D eigenvalue weighted by atomic mass is 9.99. The Morgan fingerprint density at radius 2 is 1.93 bits per heavy atom. The van der Waals surface area contributed by atoms with E-state index in [1.165, 1.54) is 37.8 Å². The van der Waals surface area contributed by atoms with Gasteiger partial charge in [-0.3, -0.25) is 4.90 Å². The molecule has 1 unspecified atom stereocenters. The van der Waals surface area contributed by atoms with Crippen LogP contribution in [0.2, 0.25) is 0 Å². The molecule has 0 spiro atoms. The van der Waals surface area contributed by atoms with Crippen molar-refractivity contribution in [3.8, 4) is 0 Å². The first-order valence-corrected chi connectivity index (χ1v) is 6.17. The van der Waals surface area contributed by atoms with E-state index in [4.69, 9.17) is 0 Å². The molecular formula is C14H19N. The van der Waals surface area contributed by atoms with Gasteiger partial charge in [0.25, 0.3) is 0 Å². The normalized spacial score (nSPS) is 27.1. The molecule has 1 saturated carbocycles. The van der Waals surface area contributed by atoms with Gasteiger partial charge in [0.2, 0.25) is 0 Å². The zero-order chi connectivity index (χ0) is 10.3. The molecule has 1 nitrogen and oxygen atoms in total. The Balaban J connectivity index is 1.89. The van der Waals surface area contributed by atoms with Crippen LogP contribution in [-0.4, -0.2) is 17.5 Å². The Labute approximate surface area is 92.1 Å². The molecule has 1 aromatic rings. The number of hydrogen-bond acceptors (Lipinski definition) is 1. The molecule has 0 radical (unpaired) electrons. The predicted molar refractivity (Wildman–Crippen MR) is 62.9 cm³/mol. The molecule has 0 amide bonds. The Kier molecular flexibility index (Phi) is 2.28. The Bertz CT molecular complexity index is 354. The summed E-state index contributed by atoms with van der Waals surface area (Å²) in [5.74, 6) is 0. The highest BCUT2D eigenvalue weighted by Crippen LogP contribution is 2.41. The molecule has 2 aliphatic rings. The second-order valence-corrected chi connectivity index (χ2v) is 4.98. The van der Waals surface area contributed by atoms with E-state index in [2.05, 4.69) is 36.1 Å². The van der Waals surface area contributed by atoms with Gasteiger partial charge >= 0.3 is 0 Å². The molecule has 1 aliphatic carbocycles. The lowest BCUT2D eigenvalue weighted by Crippen LogP contribution is -2.25. The standard InChI is InChI=1S/C14H19N/c1-11-5-2-3-6-13(11)14-7-4-10-15(14)12-8-9-12/h2-3,5-6,12,14H,4,7-10H2,1H3. The van der Waals surface area contributed by atoms with Crippen LogP contribution in [0.3, 0.4) is 0 Å². The van der Waals surface area contributed by atoms with Crippen LogP contribution < -0.4 is 0 Å². The summed E-state index contributed by atoms with van der Waals surface area (Å²) in [4.78, 5) is 2.74. The lowest BCUT2D eigenvalue weighted by Gasteiger charge is -2.25. The SMILES string of the molecule is Cc1ccccc1C1CCCN1C1CC1. The Morgan fingerprint density at radius 3 is 2.67 bits per heavy atom. The Hall–Kier alpha value is -0.820. The van der Waals surface area contributed by atoms with Crippen molar-refractivity contribution in [2.45, 2.75) is 44.7 Å². The van der Waals surface area contributed by atoms with Crippen LogP contribution in [0.5, 0.6) is 0 Å². The van der Waals surface area contributed by atoms with Crippen molar-refractivity contribution in [1.82, 2.24) is 4.90 Å². The Morgan fingerprint density at radius 1 is 1.13 bits per heavy atom. The number of rotatable bonds is 2. The molecular weight excluding hydrogens is 182 g/mol. The molecule has 1 heterocycles. The second-order valence-electron chi connectivity index (χ2n) is 4.98. The zero-order valence-electron chi connectivity index (χ0n) is 9.45. The fourth-order valence-electron chi connectivity index (χ4n) is 2.93. The van der Waals surface area contributed by atoms with Crippen LogP contribution >= 0.6 is 0 Å². The summed E-state index contributed by atoms with van der Waals surface area (Å²) in [5.41, 5.74) is 3.04. The maximum absolute atomic E-state index is 2.74. The molecule has 15 heavy (non-hydrogen) atoms. The molecule has 1 aromatic carbocycles. The lowest BCUT2D eigenvalue weighted by molar-refractivity contribution is 0.246. The van der Waals surface area contributed by atoms with Gasteiger partial charge in [-0.1, -0.05) is 24.3 Å². The van der Waals surface area contributed by atoms with Gasteiger partial charge in [0.1, 0.15) is 0 Å².